The van der Waals surface area contributed by atoms with Crippen molar-refractivity contribution in [3.05, 3.63) is 39.9 Å². The average molecular weight is 480 g/mol. The van der Waals surface area contributed by atoms with Crippen LogP contribution < -0.4 is 5.32 Å². The van der Waals surface area contributed by atoms with Crippen molar-refractivity contribution in [2.75, 3.05) is 5.32 Å². The van der Waals surface area contributed by atoms with Gasteiger partial charge in [0, 0.05) is 23.9 Å². The molecular formula is C27H33N3O3S. The molecule has 2 aromatic rings. The number of nitrogens with one attached hydrogen (secondary N) is 1. The molecule has 0 aliphatic heterocycles. The highest BCUT2D eigenvalue weighted by molar-refractivity contribution is 7.15. The topological polar surface area (TPSA) is 103 Å². The lowest BCUT2D eigenvalue weighted by molar-refractivity contribution is -0.117. The number of hydrogen-bond acceptors (Lipinski definition) is 6. The van der Waals surface area contributed by atoms with Crippen LogP contribution in [0.15, 0.2) is 18.3 Å². The molecule has 7 heteroatoms. The highest BCUT2D eigenvalue weighted by Crippen LogP contribution is 2.58. The number of amides is 1. The summed E-state index contributed by atoms with van der Waals surface area (Å²) in [6.45, 7) is 6.56. The number of nitrogens with zero attached hydrogens (tertiary/aromatic N) is 2. The molecule has 3 unspecified atom stereocenters. The van der Waals surface area contributed by atoms with Gasteiger partial charge in [0.25, 0.3) is 0 Å². The molecule has 0 saturated heterocycles. The van der Waals surface area contributed by atoms with Crippen molar-refractivity contribution in [2.24, 2.45) is 23.2 Å². The molecule has 4 atom stereocenters. The van der Waals surface area contributed by atoms with Crippen LogP contribution in [-0.4, -0.2) is 22.3 Å². The number of fused-ring (bicyclic) bond motifs is 3. The van der Waals surface area contributed by atoms with Crippen LogP contribution in [0.25, 0.3) is 0 Å². The normalized spacial score (nSPS) is 23.8. The Morgan fingerprint density at radius 1 is 1.41 bits per heavy atom. The van der Waals surface area contributed by atoms with Crippen LogP contribution in [0.4, 0.5) is 5.13 Å². The maximum Gasteiger partial charge on any atom is 0.226 e. The Balaban J connectivity index is 1.56. The molecule has 2 N–H and O–H groups in total. The van der Waals surface area contributed by atoms with Gasteiger partial charge in [-0.1, -0.05) is 19.9 Å². The first-order chi connectivity index (χ1) is 16.2. The Bertz CT molecular complexity index is 1120. The van der Waals surface area contributed by atoms with Gasteiger partial charge >= 0.3 is 0 Å². The molecule has 0 bridgehead atoms. The zero-order valence-corrected chi connectivity index (χ0v) is 21.0. The lowest BCUT2D eigenvalue weighted by Crippen LogP contribution is -2.45. The maximum atomic E-state index is 12.6. The summed E-state index contributed by atoms with van der Waals surface area (Å²) >= 11 is 1.46. The van der Waals surface area contributed by atoms with Crippen molar-refractivity contribution in [3.63, 3.8) is 0 Å². The molecule has 0 radical (unpaired) electrons. The number of thiazole rings is 1. The van der Waals surface area contributed by atoms with Gasteiger partial charge in [-0.2, -0.15) is 5.26 Å². The van der Waals surface area contributed by atoms with Crippen molar-refractivity contribution in [1.82, 2.24) is 4.98 Å². The van der Waals surface area contributed by atoms with Crippen LogP contribution in [0.5, 0.6) is 5.75 Å². The summed E-state index contributed by atoms with van der Waals surface area (Å²) in [7, 11) is 0. The van der Waals surface area contributed by atoms with Crippen LogP contribution in [0.2, 0.25) is 0 Å². The van der Waals surface area contributed by atoms with Gasteiger partial charge in [0.2, 0.25) is 5.91 Å². The summed E-state index contributed by atoms with van der Waals surface area (Å²) in [5.41, 5.74) is 2.65. The SMILES string of the molecule is Cc1cnc(NC(=O)CC[C@H](CC=O)C2C3CCc4c(ccc(O)c4C#N)C3CCC2(C)C)s1. The molecule has 1 heterocycles. The van der Waals surface area contributed by atoms with E-state index >= 15 is 0 Å². The van der Waals surface area contributed by atoms with E-state index in [0.717, 1.165) is 42.4 Å². The van der Waals surface area contributed by atoms with Gasteiger partial charge in [-0.05, 0) is 85.3 Å². The second-order valence-corrected chi connectivity index (χ2v) is 11.8. The predicted octanol–water partition coefficient (Wildman–Crippen LogP) is 5.74. The van der Waals surface area contributed by atoms with Crippen LogP contribution in [0, 0.1) is 41.4 Å². The van der Waals surface area contributed by atoms with E-state index in [1.54, 1.807) is 12.3 Å². The highest BCUT2D eigenvalue weighted by atomic mass is 32.1. The molecular weight excluding hydrogens is 446 g/mol. The van der Waals surface area contributed by atoms with E-state index < -0.39 is 0 Å². The first-order valence-electron chi connectivity index (χ1n) is 12.2. The van der Waals surface area contributed by atoms with Crippen molar-refractivity contribution >= 4 is 28.7 Å². The van der Waals surface area contributed by atoms with Crippen LogP contribution in [-0.2, 0) is 16.0 Å². The lowest BCUT2D eigenvalue weighted by Gasteiger charge is -2.53. The fraction of sp³-hybridized carbons (Fsp3) is 0.556. The minimum atomic E-state index is -0.0569. The Hall–Kier alpha value is -2.72. The third kappa shape index (κ3) is 4.74. The summed E-state index contributed by atoms with van der Waals surface area (Å²) in [6.07, 6.45) is 8.00. The number of aryl methyl sites for hydroxylation is 1. The van der Waals surface area contributed by atoms with E-state index in [1.807, 2.05) is 13.0 Å². The van der Waals surface area contributed by atoms with E-state index in [-0.39, 0.29) is 23.0 Å². The molecule has 6 nitrogen and oxygen atoms in total. The van der Waals surface area contributed by atoms with Crippen LogP contribution in [0.1, 0.15) is 79.9 Å². The Morgan fingerprint density at radius 2 is 2.21 bits per heavy atom. The maximum absolute atomic E-state index is 12.6. The minimum Gasteiger partial charge on any atom is -0.507 e. The number of phenolic OH excluding ortho intramolecular Hbond substituents is 1. The zero-order valence-electron chi connectivity index (χ0n) is 20.1. The number of aldehydes is 1. The standard InChI is InChI=1S/C27H33N3O3S/c1-16-15-29-26(34-16)30-24(33)9-4-17(11-13-31)25-21-6-5-19-18(7-8-23(32)22(19)14-28)20(21)10-12-27(25,2)3/h7-8,13,15,17,20-21,25,32H,4-6,9-12H2,1-3H3,(H,29,30,33)/t17-,20?,21?,25?/m1/s1. The molecule has 1 aromatic heterocycles. The number of rotatable bonds is 7. The summed E-state index contributed by atoms with van der Waals surface area (Å²) in [6, 6.07) is 5.85. The van der Waals surface area contributed by atoms with Gasteiger partial charge in [0.05, 0.1) is 5.56 Å². The second kappa shape index (κ2) is 9.87. The number of carbonyl (C=O) groups excluding carboxylic acids is 2. The van der Waals surface area contributed by atoms with Gasteiger partial charge < -0.3 is 15.2 Å². The molecule has 2 aliphatic carbocycles. The van der Waals surface area contributed by atoms with Gasteiger partial charge in [-0.3, -0.25) is 4.79 Å². The molecule has 34 heavy (non-hydrogen) atoms. The van der Waals surface area contributed by atoms with Gasteiger partial charge in [-0.15, -0.1) is 11.3 Å². The number of phenols is 1. The number of aromatic hydroxyl groups is 1. The highest BCUT2D eigenvalue weighted by Gasteiger charge is 2.49. The number of nitriles is 1. The zero-order chi connectivity index (χ0) is 24.5. The molecule has 1 fully saturated rings. The fourth-order valence-electron chi connectivity index (χ4n) is 6.68. The number of hydrogen-bond donors (Lipinski definition) is 2. The molecule has 1 amide bonds. The second-order valence-electron chi connectivity index (χ2n) is 10.5. The van der Waals surface area contributed by atoms with Gasteiger partial charge in [-0.25, -0.2) is 4.98 Å². The van der Waals surface area contributed by atoms with E-state index in [0.29, 0.717) is 47.7 Å². The van der Waals surface area contributed by atoms with Crippen molar-refractivity contribution in [3.8, 4) is 11.8 Å². The van der Waals surface area contributed by atoms with Crippen LogP contribution in [0.3, 0.4) is 0 Å². The molecule has 4 rings (SSSR count). The molecule has 2 aliphatic rings. The summed E-state index contributed by atoms with van der Waals surface area (Å²) in [4.78, 5) is 29.6. The summed E-state index contributed by atoms with van der Waals surface area (Å²) < 4.78 is 0. The van der Waals surface area contributed by atoms with Crippen LogP contribution >= 0.6 is 11.3 Å². The van der Waals surface area contributed by atoms with E-state index in [4.69, 9.17) is 0 Å². The van der Waals surface area contributed by atoms with Gasteiger partial charge in [0.15, 0.2) is 5.13 Å². The molecule has 0 spiro atoms. The number of aromatic nitrogens is 1. The number of carbonyl (C=O) groups is 2. The molecule has 1 aromatic carbocycles. The first kappa shape index (κ1) is 24.4. The number of benzene rings is 1. The first-order valence-corrected chi connectivity index (χ1v) is 13.0. The average Bonchev–Trinajstić information content (AvgIpc) is 3.20. The predicted molar refractivity (Wildman–Crippen MR) is 133 cm³/mol. The van der Waals surface area contributed by atoms with E-state index in [2.05, 4.69) is 30.2 Å². The Labute approximate surface area is 205 Å². The Morgan fingerprint density at radius 3 is 2.88 bits per heavy atom. The smallest absolute Gasteiger partial charge is 0.226 e. The van der Waals surface area contributed by atoms with Crippen molar-refractivity contribution in [2.45, 2.75) is 71.6 Å². The summed E-state index contributed by atoms with van der Waals surface area (Å²) in [5.74, 6) is 1.14. The third-order valence-electron chi connectivity index (χ3n) is 8.06. The monoisotopic (exact) mass is 479 g/mol. The van der Waals surface area contributed by atoms with E-state index in [1.165, 1.54) is 16.9 Å². The molecule has 180 valence electrons. The third-order valence-corrected chi connectivity index (χ3v) is 8.89. The number of anilines is 1. The quantitative estimate of drug-likeness (QED) is 0.493. The van der Waals surface area contributed by atoms with Crippen molar-refractivity contribution < 1.29 is 14.7 Å². The summed E-state index contributed by atoms with van der Waals surface area (Å²) in [5, 5.41) is 23.3. The van der Waals surface area contributed by atoms with Crippen molar-refractivity contribution in [1.29, 1.82) is 5.26 Å². The largest absolute Gasteiger partial charge is 0.507 e. The van der Waals surface area contributed by atoms with E-state index in [9.17, 15) is 20.0 Å². The Kier molecular flexibility index (Phi) is 7.09. The van der Waals surface area contributed by atoms with Gasteiger partial charge in [0.1, 0.15) is 18.1 Å². The molecule has 1 saturated carbocycles. The fourth-order valence-corrected chi connectivity index (χ4v) is 7.36. The minimum absolute atomic E-state index is 0.0569. The lowest BCUT2D eigenvalue weighted by atomic mass is 9.51.